The van der Waals surface area contributed by atoms with Crippen LogP contribution in [0.3, 0.4) is 0 Å². The Labute approximate surface area is 148 Å². The van der Waals surface area contributed by atoms with Crippen molar-refractivity contribution in [3.8, 4) is 11.6 Å². The Hall–Kier alpha value is -2.82. The van der Waals surface area contributed by atoms with E-state index in [0.717, 1.165) is 5.56 Å². The van der Waals surface area contributed by atoms with Gasteiger partial charge >= 0.3 is 5.97 Å². The van der Waals surface area contributed by atoms with Gasteiger partial charge in [-0.1, -0.05) is 39.0 Å². The minimum Gasteiger partial charge on any atom is -0.503 e. The molecular formula is C20H23NO4. The Morgan fingerprint density at radius 2 is 1.84 bits per heavy atom. The molecule has 132 valence electrons. The summed E-state index contributed by atoms with van der Waals surface area (Å²) < 4.78 is 15.8. The number of methoxy groups -OCH3 is 2. The first kappa shape index (κ1) is 18.5. The van der Waals surface area contributed by atoms with E-state index in [9.17, 15) is 4.79 Å². The van der Waals surface area contributed by atoms with Crippen LogP contribution in [-0.4, -0.2) is 25.2 Å². The van der Waals surface area contributed by atoms with Gasteiger partial charge in [0.05, 0.1) is 20.5 Å². The van der Waals surface area contributed by atoms with Gasteiger partial charge in [-0.2, -0.15) is 0 Å². The number of carbonyl (C=O) groups is 1. The summed E-state index contributed by atoms with van der Waals surface area (Å²) in [6.45, 7) is 6.37. The summed E-state index contributed by atoms with van der Waals surface area (Å²) in [5, 5.41) is 0. The molecule has 0 aliphatic rings. The van der Waals surface area contributed by atoms with E-state index in [1.54, 1.807) is 18.3 Å². The molecule has 0 N–H and O–H groups in total. The molecule has 1 aromatic heterocycles. The Bertz CT molecular complexity index is 775. The molecule has 0 fully saturated rings. The zero-order valence-corrected chi connectivity index (χ0v) is 15.2. The Morgan fingerprint density at radius 3 is 2.48 bits per heavy atom. The number of esters is 1. The molecule has 5 heteroatoms. The molecule has 0 radical (unpaired) electrons. The number of hydrogen-bond acceptors (Lipinski definition) is 5. The fourth-order valence-corrected chi connectivity index (χ4v) is 2.27. The highest BCUT2D eigenvalue weighted by molar-refractivity contribution is 6.17. The summed E-state index contributed by atoms with van der Waals surface area (Å²) in [6, 6.07) is 11.0. The number of carbonyl (C=O) groups excluding carboxylic acids is 1. The van der Waals surface area contributed by atoms with Crippen LogP contribution in [0.4, 0.5) is 0 Å². The van der Waals surface area contributed by atoms with Crippen molar-refractivity contribution in [2.45, 2.75) is 26.2 Å². The van der Waals surface area contributed by atoms with Gasteiger partial charge in [-0.05, 0) is 23.1 Å². The molecule has 2 rings (SSSR count). The van der Waals surface area contributed by atoms with Crippen LogP contribution in [0.2, 0.25) is 0 Å². The molecule has 1 aromatic carbocycles. The molecule has 0 unspecified atom stereocenters. The summed E-state index contributed by atoms with van der Waals surface area (Å²) in [5.41, 5.74) is 1.93. The van der Waals surface area contributed by atoms with E-state index in [-0.39, 0.29) is 11.0 Å². The minimum absolute atomic E-state index is 0.0201. The van der Waals surface area contributed by atoms with Crippen molar-refractivity contribution in [1.82, 2.24) is 4.98 Å². The Morgan fingerprint density at radius 1 is 1.12 bits per heavy atom. The van der Waals surface area contributed by atoms with Gasteiger partial charge in [-0.15, -0.1) is 0 Å². The molecule has 0 bridgehead atoms. The van der Waals surface area contributed by atoms with Crippen molar-refractivity contribution >= 4 is 11.5 Å². The van der Waals surface area contributed by atoms with E-state index in [1.165, 1.54) is 20.5 Å². The fourth-order valence-electron chi connectivity index (χ4n) is 2.27. The average molecular weight is 341 g/mol. The third kappa shape index (κ3) is 4.59. The number of nitrogens with zero attached hydrogens (tertiary/aromatic N) is 1. The van der Waals surface area contributed by atoms with Crippen LogP contribution in [0, 0.1) is 0 Å². The van der Waals surface area contributed by atoms with Gasteiger partial charge in [0.15, 0.2) is 0 Å². The van der Waals surface area contributed by atoms with Crippen molar-refractivity contribution in [3.05, 3.63) is 60.0 Å². The highest BCUT2D eigenvalue weighted by atomic mass is 16.5. The van der Waals surface area contributed by atoms with Gasteiger partial charge in [0.1, 0.15) is 11.3 Å². The molecule has 0 saturated carbocycles. The molecule has 0 spiro atoms. The number of hydrogen-bond donors (Lipinski definition) is 0. The van der Waals surface area contributed by atoms with Gasteiger partial charge in [-0.25, -0.2) is 9.78 Å². The monoisotopic (exact) mass is 341 g/mol. The normalized spacial score (nSPS) is 11.8. The number of benzene rings is 1. The molecular weight excluding hydrogens is 318 g/mol. The number of pyridine rings is 1. The maximum absolute atomic E-state index is 12.1. The lowest BCUT2D eigenvalue weighted by atomic mass is 9.88. The molecule has 5 nitrogen and oxygen atoms in total. The van der Waals surface area contributed by atoms with E-state index >= 15 is 0 Å². The zero-order valence-electron chi connectivity index (χ0n) is 15.2. The second-order valence-corrected chi connectivity index (χ2v) is 6.49. The van der Waals surface area contributed by atoms with E-state index in [1.807, 2.05) is 24.3 Å². The van der Waals surface area contributed by atoms with Gasteiger partial charge in [0.2, 0.25) is 5.88 Å². The molecule has 1 heterocycles. The van der Waals surface area contributed by atoms with Crippen molar-refractivity contribution in [2.75, 3.05) is 14.2 Å². The van der Waals surface area contributed by atoms with Crippen LogP contribution in [-0.2, 0) is 19.7 Å². The molecule has 0 atom stereocenters. The van der Waals surface area contributed by atoms with Crippen LogP contribution in [0.25, 0.3) is 5.57 Å². The van der Waals surface area contributed by atoms with Crippen LogP contribution in [0.1, 0.15) is 31.9 Å². The Kier molecular flexibility index (Phi) is 5.80. The molecule has 0 aliphatic carbocycles. The highest BCUT2D eigenvalue weighted by Gasteiger charge is 2.19. The first-order chi connectivity index (χ1) is 11.9. The quantitative estimate of drug-likeness (QED) is 0.460. The number of aromatic nitrogens is 1. The van der Waals surface area contributed by atoms with E-state index in [0.29, 0.717) is 17.2 Å². The predicted molar refractivity (Wildman–Crippen MR) is 96.5 cm³/mol. The van der Waals surface area contributed by atoms with Gasteiger partial charge in [0, 0.05) is 17.8 Å². The predicted octanol–water partition coefficient (Wildman–Crippen LogP) is 4.33. The first-order valence-electron chi connectivity index (χ1n) is 7.92. The topological polar surface area (TPSA) is 57.7 Å². The maximum Gasteiger partial charge on any atom is 0.341 e. The largest absolute Gasteiger partial charge is 0.503 e. The summed E-state index contributed by atoms with van der Waals surface area (Å²) in [7, 11) is 2.80. The summed E-state index contributed by atoms with van der Waals surface area (Å²) in [4.78, 5) is 16.3. The summed E-state index contributed by atoms with van der Waals surface area (Å²) >= 11 is 0. The molecule has 0 saturated heterocycles. The number of para-hydroxylation sites is 1. The van der Waals surface area contributed by atoms with Gasteiger partial charge in [-0.3, -0.25) is 0 Å². The standard InChI is InChI=1S/C20H23NO4/c1-20(2,3)14-10-11-21-18(12-14)25-17-9-7-6-8-15(17)16(13-23-4)19(22)24-5/h6-13H,1-5H3. The molecule has 25 heavy (non-hydrogen) atoms. The smallest absolute Gasteiger partial charge is 0.341 e. The lowest BCUT2D eigenvalue weighted by Gasteiger charge is -2.19. The lowest BCUT2D eigenvalue weighted by Crippen LogP contribution is -2.11. The summed E-state index contributed by atoms with van der Waals surface area (Å²) in [6.07, 6.45) is 3.05. The van der Waals surface area contributed by atoms with E-state index in [2.05, 4.69) is 25.8 Å². The van der Waals surface area contributed by atoms with Gasteiger partial charge in [0.25, 0.3) is 0 Å². The maximum atomic E-state index is 12.1. The van der Waals surface area contributed by atoms with Crippen LogP contribution >= 0.6 is 0 Å². The molecule has 2 aromatic rings. The van der Waals surface area contributed by atoms with Crippen LogP contribution < -0.4 is 4.74 Å². The van der Waals surface area contributed by atoms with Crippen molar-refractivity contribution in [3.63, 3.8) is 0 Å². The highest BCUT2D eigenvalue weighted by Crippen LogP contribution is 2.32. The van der Waals surface area contributed by atoms with Crippen molar-refractivity contribution in [1.29, 1.82) is 0 Å². The second kappa shape index (κ2) is 7.83. The van der Waals surface area contributed by atoms with E-state index < -0.39 is 5.97 Å². The average Bonchev–Trinajstić information content (AvgIpc) is 2.59. The van der Waals surface area contributed by atoms with Crippen molar-refractivity contribution < 1.29 is 19.0 Å². The SMILES string of the molecule is COC=C(C(=O)OC)c1ccccc1Oc1cc(C(C)(C)C)ccn1. The summed E-state index contributed by atoms with van der Waals surface area (Å²) in [5.74, 6) is 0.450. The fraction of sp³-hybridized carbons (Fsp3) is 0.300. The minimum atomic E-state index is -0.505. The Balaban J connectivity index is 2.42. The number of ether oxygens (including phenoxy) is 3. The molecule has 0 amide bonds. The second-order valence-electron chi connectivity index (χ2n) is 6.49. The third-order valence-electron chi connectivity index (χ3n) is 3.63. The van der Waals surface area contributed by atoms with E-state index in [4.69, 9.17) is 14.2 Å². The van der Waals surface area contributed by atoms with Crippen molar-refractivity contribution in [2.24, 2.45) is 0 Å². The zero-order chi connectivity index (χ0) is 18.4. The third-order valence-corrected chi connectivity index (χ3v) is 3.63. The lowest BCUT2D eigenvalue weighted by molar-refractivity contribution is -0.133. The van der Waals surface area contributed by atoms with Crippen LogP contribution in [0.5, 0.6) is 11.6 Å². The molecule has 0 aliphatic heterocycles. The van der Waals surface area contributed by atoms with Gasteiger partial charge < -0.3 is 14.2 Å². The number of rotatable bonds is 5. The first-order valence-corrected chi connectivity index (χ1v) is 7.92. The van der Waals surface area contributed by atoms with Crippen LogP contribution in [0.15, 0.2) is 48.9 Å².